The monoisotopic (exact) mass is 343 g/mol. The van der Waals surface area contributed by atoms with Crippen molar-refractivity contribution in [1.29, 1.82) is 0 Å². The molecule has 0 unspecified atom stereocenters. The van der Waals surface area contributed by atoms with Gasteiger partial charge in [-0.15, -0.1) is 0 Å². The number of nitrogens with one attached hydrogen (secondary N) is 1. The first kappa shape index (κ1) is 17.5. The summed E-state index contributed by atoms with van der Waals surface area (Å²) in [6.07, 6.45) is -4.32. The molecule has 2 heterocycles. The largest absolute Gasteiger partial charge is 0.416 e. The molecule has 0 radical (unpaired) electrons. The van der Waals surface area contributed by atoms with E-state index in [1.165, 1.54) is 6.07 Å². The van der Waals surface area contributed by atoms with Crippen LogP contribution in [0.1, 0.15) is 18.1 Å². The number of hydrogen-bond acceptors (Lipinski definition) is 4. The second-order valence-corrected chi connectivity index (χ2v) is 6.53. The highest BCUT2D eigenvalue weighted by atomic mass is 19.4. The van der Waals surface area contributed by atoms with Crippen molar-refractivity contribution in [1.82, 2.24) is 10.2 Å². The predicted molar refractivity (Wildman–Crippen MR) is 87.2 cm³/mol. The third kappa shape index (κ3) is 4.20. The van der Waals surface area contributed by atoms with Gasteiger partial charge in [-0.1, -0.05) is 0 Å². The number of anilines is 1. The van der Waals surface area contributed by atoms with Gasteiger partial charge in [0.05, 0.1) is 18.8 Å². The molecule has 7 heteroatoms. The quantitative estimate of drug-likeness (QED) is 0.912. The number of piperazine rings is 1. The van der Waals surface area contributed by atoms with E-state index >= 15 is 0 Å². The van der Waals surface area contributed by atoms with Crippen LogP contribution in [0.15, 0.2) is 18.2 Å². The second-order valence-electron chi connectivity index (χ2n) is 6.53. The lowest BCUT2D eigenvalue weighted by atomic mass is 10.0. The van der Waals surface area contributed by atoms with Crippen LogP contribution in [0.4, 0.5) is 18.9 Å². The molecule has 0 aliphatic carbocycles. The van der Waals surface area contributed by atoms with Crippen LogP contribution < -0.4 is 10.2 Å². The minimum Gasteiger partial charge on any atom is -0.378 e. The SMILES string of the molecule is C[C@H]1CN(Cc2cc(N3CCOCC3)ccc2C(F)(F)F)CCN1. The van der Waals surface area contributed by atoms with Gasteiger partial charge in [0.15, 0.2) is 0 Å². The number of nitrogens with zero attached hydrogens (tertiary/aromatic N) is 2. The molecule has 0 amide bonds. The van der Waals surface area contributed by atoms with Crippen molar-refractivity contribution in [3.63, 3.8) is 0 Å². The van der Waals surface area contributed by atoms with Gasteiger partial charge in [0.25, 0.3) is 0 Å². The van der Waals surface area contributed by atoms with Crippen molar-refractivity contribution in [2.75, 3.05) is 50.8 Å². The maximum absolute atomic E-state index is 13.4. The number of alkyl halides is 3. The molecule has 3 rings (SSSR count). The van der Waals surface area contributed by atoms with Gasteiger partial charge in [-0.25, -0.2) is 0 Å². The van der Waals surface area contributed by atoms with Crippen LogP contribution in [0.5, 0.6) is 0 Å². The topological polar surface area (TPSA) is 27.7 Å². The lowest BCUT2D eigenvalue weighted by Gasteiger charge is -2.33. The average molecular weight is 343 g/mol. The van der Waals surface area contributed by atoms with Crippen molar-refractivity contribution in [2.45, 2.75) is 25.7 Å². The van der Waals surface area contributed by atoms with E-state index in [9.17, 15) is 13.2 Å². The molecule has 4 nitrogen and oxygen atoms in total. The highest BCUT2D eigenvalue weighted by Gasteiger charge is 2.34. The fraction of sp³-hybridized carbons (Fsp3) is 0.647. The molecule has 2 aliphatic heterocycles. The summed E-state index contributed by atoms with van der Waals surface area (Å²) in [5.74, 6) is 0. The van der Waals surface area contributed by atoms with Gasteiger partial charge in [0.1, 0.15) is 0 Å². The van der Waals surface area contributed by atoms with Crippen molar-refractivity contribution in [3.05, 3.63) is 29.3 Å². The first-order chi connectivity index (χ1) is 11.4. The van der Waals surface area contributed by atoms with Crippen LogP contribution in [0, 0.1) is 0 Å². The molecular formula is C17H24F3N3O. The summed E-state index contributed by atoms with van der Waals surface area (Å²) in [6, 6.07) is 4.82. The molecule has 2 fully saturated rings. The molecule has 0 bridgehead atoms. The van der Waals surface area contributed by atoms with E-state index in [1.807, 2.05) is 0 Å². The molecule has 1 aromatic carbocycles. The van der Waals surface area contributed by atoms with Gasteiger partial charge in [0, 0.05) is 51.0 Å². The zero-order valence-electron chi connectivity index (χ0n) is 13.9. The molecule has 1 aromatic rings. The number of ether oxygens (including phenoxy) is 1. The number of morpholine rings is 1. The predicted octanol–water partition coefficient (Wildman–Crippen LogP) is 2.34. The molecular weight excluding hydrogens is 319 g/mol. The highest BCUT2D eigenvalue weighted by molar-refractivity contribution is 5.52. The van der Waals surface area contributed by atoms with Crippen LogP contribution >= 0.6 is 0 Å². The van der Waals surface area contributed by atoms with E-state index in [2.05, 4.69) is 22.0 Å². The summed E-state index contributed by atoms with van der Waals surface area (Å²) in [5, 5.41) is 3.32. The Labute approximate surface area is 140 Å². The van der Waals surface area contributed by atoms with Gasteiger partial charge in [-0.2, -0.15) is 13.2 Å². The van der Waals surface area contributed by atoms with Crippen LogP contribution in [-0.4, -0.2) is 56.9 Å². The van der Waals surface area contributed by atoms with Crippen molar-refractivity contribution in [3.8, 4) is 0 Å². The fourth-order valence-corrected chi connectivity index (χ4v) is 3.40. The zero-order valence-corrected chi connectivity index (χ0v) is 13.9. The minimum atomic E-state index is -4.32. The molecule has 134 valence electrons. The van der Waals surface area contributed by atoms with E-state index in [1.54, 1.807) is 12.1 Å². The van der Waals surface area contributed by atoms with E-state index in [-0.39, 0.29) is 0 Å². The first-order valence-electron chi connectivity index (χ1n) is 8.42. The third-order valence-corrected chi connectivity index (χ3v) is 4.62. The Bertz CT molecular complexity index is 559. The van der Waals surface area contributed by atoms with Crippen LogP contribution in [-0.2, 0) is 17.5 Å². The van der Waals surface area contributed by atoms with Gasteiger partial charge >= 0.3 is 6.18 Å². The Kier molecular flexibility index (Phi) is 5.32. The molecule has 2 aliphatic rings. The molecule has 1 N–H and O–H groups in total. The Morgan fingerprint density at radius 2 is 1.96 bits per heavy atom. The van der Waals surface area contributed by atoms with Gasteiger partial charge in [-0.05, 0) is 30.7 Å². The zero-order chi connectivity index (χ0) is 17.2. The fourth-order valence-electron chi connectivity index (χ4n) is 3.40. The first-order valence-corrected chi connectivity index (χ1v) is 8.42. The summed E-state index contributed by atoms with van der Waals surface area (Å²) in [5.41, 5.74) is 0.691. The molecule has 2 saturated heterocycles. The summed E-state index contributed by atoms with van der Waals surface area (Å²) in [7, 11) is 0. The third-order valence-electron chi connectivity index (χ3n) is 4.62. The standard InChI is InChI=1S/C17H24F3N3O/c1-13-11-22(5-4-21-13)12-14-10-15(23-6-8-24-9-7-23)2-3-16(14)17(18,19)20/h2-3,10,13,21H,4-9,11-12H2,1H3/t13-/m0/s1. The molecule has 0 spiro atoms. The summed E-state index contributed by atoms with van der Waals surface area (Å²) in [6.45, 7) is 7.40. The molecule has 0 aromatic heterocycles. The van der Waals surface area contributed by atoms with E-state index < -0.39 is 11.7 Å². The van der Waals surface area contributed by atoms with Crippen LogP contribution in [0.25, 0.3) is 0 Å². The number of benzene rings is 1. The van der Waals surface area contributed by atoms with E-state index in [0.717, 1.165) is 38.4 Å². The van der Waals surface area contributed by atoms with Crippen LogP contribution in [0.2, 0.25) is 0 Å². The second kappa shape index (κ2) is 7.29. The van der Waals surface area contributed by atoms with Gasteiger partial charge in [-0.3, -0.25) is 4.90 Å². The summed E-state index contributed by atoms with van der Waals surface area (Å²) in [4.78, 5) is 4.18. The minimum absolute atomic E-state index is 0.301. The van der Waals surface area contributed by atoms with Crippen molar-refractivity contribution in [2.24, 2.45) is 0 Å². The van der Waals surface area contributed by atoms with E-state index in [4.69, 9.17) is 4.74 Å². The van der Waals surface area contributed by atoms with Gasteiger partial charge in [0.2, 0.25) is 0 Å². The summed E-state index contributed by atoms with van der Waals surface area (Å²) < 4.78 is 45.5. The molecule has 0 saturated carbocycles. The number of rotatable bonds is 3. The Hall–Kier alpha value is -1.31. The maximum atomic E-state index is 13.4. The van der Waals surface area contributed by atoms with Crippen molar-refractivity contribution < 1.29 is 17.9 Å². The Morgan fingerprint density at radius 3 is 2.62 bits per heavy atom. The number of hydrogen-bond donors (Lipinski definition) is 1. The van der Waals surface area contributed by atoms with Gasteiger partial charge < -0.3 is 15.0 Å². The van der Waals surface area contributed by atoms with Crippen LogP contribution in [0.3, 0.4) is 0 Å². The smallest absolute Gasteiger partial charge is 0.378 e. The lowest BCUT2D eigenvalue weighted by Crippen LogP contribution is -2.48. The summed E-state index contributed by atoms with van der Waals surface area (Å²) >= 11 is 0. The lowest BCUT2D eigenvalue weighted by molar-refractivity contribution is -0.138. The highest BCUT2D eigenvalue weighted by Crippen LogP contribution is 2.35. The average Bonchev–Trinajstić information content (AvgIpc) is 2.54. The van der Waals surface area contributed by atoms with E-state index in [0.29, 0.717) is 31.4 Å². The number of halogens is 3. The Balaban J connectivity index is 1.84. The Morgan fingerprint density at radius 1 is 1.21 bits per heavy atom. The van der Waals surface area contributed by atoms with Crippen molar-refractivity contribution >= 4 is 5.69 Å². The molecule has 1 atom stereocenters. The maximum Gasteiger partial charge on any atom is 0.416 e. The molecule has 24 heavy (non-hydrogen) atoms. The normalized spacial score (nSPS) is 23.5.